The molecule has 0 aliphatic rings. The van der Waals surface area contributed by atoms with Gasteiger partial charge in [-0.05, 0) is 30.0 Å². The summed E-state index contributed by atoms with van der Waals surface area (Å²) in [5.74, 6) is -0.140. The van der Waals surface area contributed by atoms with Gasteiger partial charge in [-0.15, -0.1) is 11.8 Å². The lowest BCUT2D eigenvalue weighted by Gasteiger charge is -2.07. The average molecular weight is 388 g/mol. The Morgan fingerprint density at radius 2 is 1.82 bits per heavy atom. The normalized spacial score (nSPS) is 10.9. The number of aromatic nitrogens is 3. The van der Waals surface area contributed by atoms with Gasteiger partial charge in [-0.25, -0.2) is 4.98 Å². The quantitative estimate of drug-likeness (QED) is 0.505. The zero-order valence-corrected chi connectivity index (χ0v) is 16.3. The number of pyridine rings is 1. The lowest BCUT2D eigenvalue weighted by atomic mass is 10.2. The Morgan fingerprint density at radius 3 is 2.64 bits per heavy atom. The van der Waals surface area contributed by atoms with Crippen molar-refractivity contribution in [2.75, 3.05) is 6.26 Å². The maximum Gasteiger partial charge on any atom is 0.254 e. The first kappa shape index (κ1) is 18.3. The number of fused-ring (bicyclic) bond motifs is 1. The van der Waals surface area contributed by atoms with Gasteiger partial charge in [-0.3, -0.25) is 9.48 Å². The summed E-state index contributed by atoms with van der Waals surface area (Å²) in [7, 11) is 0. The number of thioether (sulfide) groups is 1. The van der Waals surface area contributed by atoms with Gasteiger partial charge in [-0.2, -0.15) is 5.10 Å². The molecule has 0 bridgehead atoms. The number of nitrogens with one attached hydrogen (secondary N) is 1. The zero-order chi connectivity index (χ0) is 19.3. The number of benzene rings is 2. The topological polar surface area (TPSA) is 59.8 Å². The highest BCUT2D eigenvalue weighted by atomic mass is 32.2. The van der Waals surface area contributed by atoms with E-state index < -0.39 is 0 Å². The Bertz CT molecular complexity index is 1110. The van der Waals surface area contributed by atoms with Crippen LogP contribution in [0, 0.1) is 0 Å². The van der Waals surface area contributed by atoms with Gasteiger partial charge in [-0.1, -0.05) is 48.5 Å². The van der Waals surface area contributed by atoms with E-state index in [4.69, 9.17) is 5.10 Å². The highest BCUT2D eigenvalue weighted by Gasteiger charge is 2.14. The molecule has 1 N–H and O–H groups in total. The Labute approximate surface area is 167 Å². The molecule has 0 atom stereocenters. The predicted molar refractivity (Wildman–Crippen MR) is 112 cm³/mol. The van der Waals surface area contributed by atoms with Gasteiger partial charge in [0, 0.05) is 11.6 Å². The second kappa shape index (κ2) is 8.27. The minimum Gasteiger partial charge on any atom is -0.346 e. The SMILES string of the molecule is CSc1ncccc1C(=O)NCc1nn(Cc2ccccc2)c2ccccc12. The fraction of sp³-hybridized carbons (Fsp3) is 0.136. The predicted octanol–water partition coefficient (Wildman–Crippen LogP) is 4.13. The molecule has 0 unspecified atom stereocenters. The van der Waals surface area contributed by atoms with E-state index in [1.54, 1.807) is 18.3 Å². The molecule has 6 heteroatoms. The lowest BCUT2D eigenvalue weighted by molar-refractivity contribution is 0.0947. The van der Waals surface area contributed by atoms with Gasteiger partial charge in [0.05, 0.1) is 29.9 Å². The molecule has 1 amide bonds. The second-order valence-electron chi connectivity index (χ2n) is 6.35. The molecule has 0 fully saturated rings. The van der Waals surface area contributed by atoms with Crippen LogP contribution in [0.1, 0.15) is 21.6 Å². The summed E-state index contributed by atoms with van der Waals surface area (Å²) < 4.78 is 1.99. The van der Waals surface area contributed by atoms with Crippen LogP contribution in [0.3, 0.4) is 0 Å². The van der Waals surface area contributed by atoms with Crippen LogP contribution in [0.15, 0.2) is 78.0 Å². The number of rotatable bonds is 6. The monoisotopic (exact) mass is 388 g/mol. The molecular weight excluding hydrogens is 368 g/mol. The van der Waals surface area contributed by atoms with E-state index in [-0.39, 0.29) is 5.91 Å². The molecule has 4 aromatic rings. The average Bonchev–Trinajstić information content (AvgIpc) is 3.10. The molecule has 4 rings (SSSR count). The van der Waals surface area contributed by atoms with Crippen molar-refractivity contribution >= 4 is 28.6 Å². The Balaban J connectivity index is 1.58. The Kier molecular flexibility index (Phi) is 5.39. The van der Waals surface area contributed by atoms with E-state index in [9.17, 15) is 4.79 Å². The molecule has 2 heterocycles. The van der Waals surface area contributed by atoms with Crippen LogP contribution >= 0.6 is 11.8 Å². The number of para-hydroxylation sites is 1. The van der Waals surface area contributed by atoms with Crippen LogP contribution in [0.2, 0.25) is 0 Å². The first-order chi connectivity index (χ1) is 13.8. The third-order valence-electron chi connectivity index (χ3n) is 4.54. The van der Waals surface area contributed by atoms with Crippen molar-refractivity contribution in [1.29, 1.82) is 0 Å². The molecule has 0 saturated heterocycles. The van der Waals surface area contributed by atoms with E-state index in [0.717, 1.165) is 21.6 Å². The molecule has 140 valence electrons. The minimum absolute atomic E-state index is 0.140. The molecular formula is C22H20N4OS. The lowest BCUT2D eigenvalue weighted by Crippen LogP contribution is -2.24. The number of hydrogen-bond donors (Lipinski definition) is 1. The van der Waals surface area contributed by atoms with Crippen molar-refractivity contribution in [2.24, 2.45) is 0 Å². The van der Waals surface area contributed by atoms with Crippen molar-refractivity contribution < 1.29 is 4.79 Å². The van der Waals surface area contributed by atoms with Crippen molar-refractivity contribution in [3.05, 3.63) is 89.7 Å². The minimum atomic E-state index is -0.140. The molecule has 0 saturated carbocycles. The largest absolute Gasteiger partial charge is 0.346 e. The fourth-order valence-electron chi connectivity index (χ4n) is 3.19. The molecule has 0 aliphatic heterocycles. The van der Waals surface area contributed by atoms with Crippen LogP contribution in [0.25, 0.3) is 10.9 Å². The summed E-state index contributed by atoms with van der Waals surface area (Å²) in [5.41, 5.74) is 3.69. The van der Waals surface area contributed by atoms with E-state index in [1.807, 2.05) is 47.3 Å². The summed E-state index contributed by atoms with van der Waals surface area (Å²) in [6.45, 7) is 1.05. The van der Waals surface area contributed by atoms with Crippen molar-refractivity contribution in [3.8, 4) is 0 Å². The zero-order valence-electron chi connectivity index (χ0n) is 15.5. The summed E-state index contributed by atoms with van der Waals surface area (Å²) >= 11 is 1.46. The fourth-order valence-corrected chi connectivity index (χ4v) is 3.74. The van der Waals surface area contributed by atoms with Gasteiger partial charge >= 0.3 is 0 Å². The summed E-state index contributed by atoms with van der Waals surface area (Å²) in [6, 6.07) is 21.9. The van der Waals surface area contributed by atoms with Gasteiger partial charge in [0.1, 0.15) is 5.03 Å². The Hall–Kier alpha value is -3.12. The maximum atomic E-state index is 12.6. The molecule has 0 radical (unpaired) electrons. The summed E-state index contributed by atoms with van der Waals surface area (Å²) in [4.78, 5) is 16.9. The van der Waals surface area contributed by atoms with E-state index in [1.165, 1.54) is 17.3 Å². The first-order valence-corrected chi connectivity index (χ1v) is 10.2. The molecule has 2 aromatic carbocycles. The maximum absolute atomic E-state index is 12.6. The second-order valence-corrected chi connectivity index (χ2v) is 7.14. The number of amides is 1. The van der Waals surface area contributed by atoms with Crippen LogP contribution in [-0.2, 0) is 13.1 Å². The van der Waals surface area contributed by atoms with Crippen molar-refractivity contribution in [3.63, 3.8) is 0 Å². The van der Waals surface area contributed by atoms with E-state index in [2.05, 4.69) is 28.5 Å². The first-order valence-electron chi connectivity index (χ1n) is 9.02. The van der Waals surface area contributed by atoms with Crippen LogP contribution in [0.5, 0.6) is 0 Å². The number of nitrogens with zero attached hydrogens (tertiary/aromatic N) is 3. The highest BCUT2D eigenvalue weighted by molar-refractivity contribution is 7.98. The van der Waals surface area contributed by atoms with Crippen molar-refractivity contribution in [1.82, 2.24) is 20.1 Å². The standard InChI is InChI=1S/C22H20N4OS/c1-28-22-18(11-7-13-23-22)21(27)24-14-19-17-10-5-6-12-20(17)26(25-19)15-16-8-3-2-4-9-16/h2-13H,14-15H2,1H3,(H,24,27). The summed E-state index contributed by atoms with van der Waals surface area (Å²) in [6.07, 6.45) is 3.61. The van der Waals surface area contributed by atoms with Crippen LogP contribution in [0.4, 0.5) is 0 Å². The molecule has 2 aromatic heterocycles. The Morgan fingerprint density at radius 1 is 1.04 bits per heavy atom. The van der Waals surface area contributed by atoms with Gasteiger partial charge in [0.25, 0.3) is 5.91 Å². The third kappa shape index (κ3) is 3.77. The van der Waals surface area contributed by atoms with Crippen molar-refractivity contribution in [2.45, 2.75) is 18.1 Å². The number of carbonyl (C=O) groups excluding carboxylic acids is 1. The summed E-state index contributed by atoms with van der Waals surface area (Å²) in [5, 5.41) is 9.54. The molecule has 0 spiro atoms. The number of carbonyl (C=O) groups is 1. The smallest absolute Gasteiger partial charge is 0.254 e. The third-order valence-corrected chi connectivity index (χ3v) is 5.25. The van der Waals surface area contributed by atoms with Crippen LogP contribution in [-0.4, -0.2) is 26.9 Å². The van der Waals surface area contributed by atoms with Gasteiger partial charge < -0.3 is 5.32 Å². The van der Waals surface area contributed by atoms with Crippen LogP contribution < -0.4 is 5.32 Å². The van der Waals surface area contributed by atoms with E-state index >= 15 is 0 Å². The highest BCUT2D eigenvalue weighted by Crippen LogP contribution is 2.20. The molecule has 0 aliphatic carbocycles. The van der Waals surface area contributed by atoms with Gasteiger partial charge in [0.2, 0.25) is 0 Å². The molecule has 28 heavy (non-hydrogen) atoms. The van der Waals surface area contributed by atoms with Gasteiger partial charge in [0.15, 0.2) is 0 Å². The molecule has 5 nitrogen and oxygen atoms in total. The number of hydrogen-bond acceptors (Lipinski definition) is 4. The van der Waals surface area contributed by atoms with E-state index in [0.29, 0.717) is 18.7 Å².